The Bertz CT molecular complexity index is 1000. The molecular weight excluding hydrogens is 500 g/mol. The highest BCUT2D eigenvalue weighted by Crippen LogP contribution is 2.71. The monoisotopic (exact) mass is 546 g/mol. The summed E-state index contributed by atoms with van der Waals surface area (Å²) in [6.45, 7) is 7.76. The zero-order valence-electron chi connectivity index (χ0n) is 22.5. The number of aliphatic hydroxyl groups excluding tert-OH is 3. The summed E-state index contributed by atoms with van der Waals surface area (Å²) in [6.07, 6.45) is 3.17. The first-order valence-corrected chi connectivity index (χ1v) is 15.1. The average molecular weight is 547 g/mol. The first kappa shape index (κ1) is 29.4. The van der Waals surface area contributed by atoms with Crippen LogP contribution in [-0.4, -0.2) is 74.6 Å². The van der Waals surface area contributed by atoms with Gasteiger partial charge in [0.1, 0.15) is 17.3 Å². The van der Waals surface area contributed by atoms with Crippen LogP contribution in [0.1, 0.15) is 85.5 Å². The second-order valence-electron chi connectivity index (χ2n) is 13.1. The molecule has 4 rings (SSSR count). The number of allylic oxidation sites excluding steroid dienone is 1. The molecule has 4 fully saturated rings. The lowest BCUT2D eigenvalue weighted by Crippen LogP contribution is -2.77. The van der Waals surface area contributed by atoms with E-state index < -0.39 is 56.7 Å². The maximum absolute atomic E-state index is 12.6. The third-order valence-corrected chi connectivity index (χ3v) is 11.7. The molecule has 0 saturated heterocycles. The van der Waals surface area contributed by atoms with Crippen molar-refractivity contribution >= 4 is 10.4 Å². The van der Waals surface area contributed by atoms with Gasteiger partial charge in [-0.3, -0.25) is 4.55 Å². The van der Waals surface area contributed by atoms with Gasteiger partial charge < -0.3 is 25.5 Å². The Morgan fingerprint density at radius 1 is 1.14 bits per heavy atom. The van der Waals surface area contributed by atoms with E-state index >= 15 is 0 Å². The summed E-state index contributed by atoms with van der Waals surface area (Å²) >= 11 is 0. The van der Waals surface area contributed by atoms with E-state index in [0.29, 0.717) is 38.5 Å². The number of fused-ring (bicyclic) bond motifs is 5. The van der Waals surface area contributed by atoms with Crippen LogP contribution in [-0.2, 0) is 14.6 Å². The molecule has 0 bridgehead atoms. The molecule has 0 aliphatic heterocycles. The SMILES string of the molecule is C/C(=C/CC[C@@H](C)[C@H]1C[C@@H](OS(=O)(=O)O)[C@@]2(O)[C@]1(C)CC[C@H]1[C@@]3(C)CC[C@H](O)C[C@@H]3[C@@H](O)C[C@]12O)CO. The van der Waals surface area contributed by atoms with Crippen molar-refractivity contribution in [3.05, 3.63) is 11.6 Å². The maximum Gasteiger partial charge on any atom is 0.397 e. The Balaban J connectivity index is 1.75. The smallest absolute Gasteiger partial charge is 0.393 e. The van der Waals surface area contributed by atoms with Crippen molar-refractivity contribution < 1.29 is 42.7 Å². The molecule has 0 aromatic heterocycles. The highest BCUT2D eigenvalue weighted by Gasteiger charge is 2.79. The molecule has 4 aliphatic carbocycles. The fraction of sp³-hybridized carbons (Fsp3) is 0.926. The normalized spacial score (nSPS) is 49.2. The van der Waals surface area contributed by atoms with Crippen LogP contribution in [0.5, 0.6) is 0 Å². The van der Waals surface area contributed by atoms with Crippen molar-refractivity contribution in [3.8, 4) is 0 Å². The van der Waals surface area contributed by atoms with Crippen LogP contribution >= 0.6 is 0 Å². The molecule has 9 nitrogen and oxygen atoms in total. The quantitative estimate of drug-likeness (QED) is 0.208. The summed E-state index contributed by atoms with van der Waals surface area (Å²) in [5.41, 5.74) is -4.49. The van der Waals surface area contributed by atoms with Crippen LogP contribution in [0.4, 0.5) is 0 Å². The molecule has 11 atom stereocenters. The fourth-order valence-corrected chi connectivity index (χ4v) is 9.90. The fourth-order valence-electron chi connectivity index (χ4n) is 9.39. The number of hydrogen-bond donors (Lipinski definition) is 6. The Morgan fingerprint density at radius 3 is 2.43 bits per heavy atom. The van der Waals surface area contributed by atoms with Crippen LogP contribution in [0, 0.1) is 34.5 Å². The number of aliphatic hydroxyl groups is 5. The minimum absolute atomic E-state index is 0.0207. The molecule has 6 N–H and O–H groups in total. The van der Waals surface area contributed by atoms with Crippen LogP contribution in [0.3, 0.4) is 0 Å². The summed E-state index contributed by atoms with van der Waals surface area (Å²) in [5.74, 6) is -0.868. The summed E-state index contributed by atoms with van der Waals surface area (Å²) in [6, 6.07) is 0. The predicted octanol–water partition coefficient (Wildman–Crippen LogP) is 2.36. The average Bonchev–Trinajstić information content (AvgIpc) is 3.02. The zero-order chi connectivity index (χ0) is 27.6. The first-order valence-electron chi connectivity index (χ1n) is 13.8. The summed E-state index contributed by atoms with van der Waals surface area (Å²) in [4.78, 5) is 0. The second-order valence-corrected chi connectivity index (χ2v) is 14.2. The van der Waals surface area contributed by atoms with Crippen LogP contribution in [0.15, 0.2) is 11.6 Å². The van der Waals surface area contributed by atoms with E-state index in [-0.39, 0.29) is 37.2 Å². The van der Waals surface area contributed by atoms with Gasteiger partial charge in [-0.2, -0.15) is 8.42 Å². The van der Waals surface area contributed by atoms with Crippen LogP contribution < -0.4 is 0 Å². The van der Waals surface area contributed by atoms with E-state index in [1.165, 1.54) is 0 Å². The van der Waals surface area contributed by atoms with Crippen molar-refractivity contribution in [2.75, 3.05) is 6.61 Å². The molecule has 37 heavy (non-hydrogen) atoms. The predicted molar refractivity (Wildman–Crippen MR) is 137 cm³/mol. The van der Waals surface area contributed by atoms with Crippen molar-refractivity contribution in [1.82, 2.24) is 0 Å². The van der Waals surface area contributed by atoms with Crippen LogP contribution in [0.25, 0.3) is 0 Å². The van der Waals surface area contributed by atoms with Gasteiger partial charge in [0.05, 0.1) is 18.8 Å². The van der Waals surface area contributed by atoms with E-state index in [9.17, 15) is 38.5 Å². The molecule has 0 unspecified atom stereocenters. The van der Waals surface area contributed by atoms with Gasteiger partial charge in [0.25, 0.3) is 0 Å². The molecule has 0 aromatic rings. The van der Waals surface area contributed by atoms with Crippen molar-refractivity contribution in [2.45, 2.75) is 115 Å². The van der Waals surface area contributed by atoms with E-state index in [4.69, 9.17) is 4.18 Å². The Morgan fingerprint density at radius 2 is 1.81 bits per heavy atom. The van der Waals surface area contributed by atoms with Gasteiger partial charge in [-0.1, -0.05) is 32.4 Å². The van der Waals surface area contributed by atoms with E-state index in [1.54, 1.807) is 0 Å². The van der Waals surface area contributed by atoms with Crippen molar-refractivity contribution in [1.29, 1.82) is 0 Å². The lowest BCUT2D eigenvalue weighted by atomic mass is 9.40. The molecular formula is C27H46O9S. The van der Waals surface area contributed by atoms with Gasteiger partial charge in [-0.25, -0.2) is 4.18 Å². The molecule has 4 aliphatic rings. The zero-order valence-corrected chi connectivity index (χ0v) is 23.3. The molecule has 4 saturated carbocycles. The van der Waals surface area contributed by atoms with Crippen molar-refractivity contribution in [3.63, 3.8) is 0 Å². The van der Waals surface area contributed by atoms with E-state index in [0.717, 1.165) is 12.0 Å². The van der Waals surface area contributed by atoms with Gasteiger partial charge in [-0.05, 0) is 87.4 Å². The standard InChI is InChI=1S/C27H46O9S/c1-16(15-28)6-5-7-17(2)19-13-23(36-37(33,34)35)27(32)25(19,4)11-9-22-24(3)10-8-18(29)12-20(24)21(30)14-26(22,27)31/h6,17-23,28-32H,5,7-15H2,1-4H3,(H,33,34,35)/b16-6-/t17-,18+,19-,20-,21+,22+,23-,24+,25-,26+,27-/m1/s1. The molecule has 0 radical (unpaired) electrons. The van der Waals surface area contributed by atoms with Crippen molar-refractivity contribution in [2.24, 2.45) is 34.5 Å². The lowest BCUT2D eigenvalue weighted by molar-refractivity contribution is -0.328. The molecule has 10 heteroatoms. The molecule has 0 spiro atoms. The summed E-state index contributed by atoms with van der Waals surface area (Å²) in [5, 5.41) is 56.0. The lowest BCUT2D eigenvalue weighted by Gasteiger charge is -2.68. The van der Waals surface area contributed by atoms with Gasteiger partial charge in [0.2, 0.25) is 0 Å². The largest absolute Gasteiger partial charge is 0.397 e. The van der Waals surface area contributed by atoms with E-state index in [1.807, 2.05) is 33.8 Å². The topological polar surface area (TPSA) is 165 Å². The Hall–Kier alpha value is -0.590. The maximum atomic E-state index is 12.6. The van der Waals surface area contributed by atoms with Gasteiger partial charge in [-0.15, -0.1) is 0 Å². The summed E-state index contributed by atoms with van der Waals surface area (Å²) in [7, 11) is -4.93. The third-order valence-electron chi connectivity index (χ3n) is 11.3. The minimum Gasteiger partial charge on any atom is -0.393 e. The minimum atomic E-state index is -4.93. The van der Waals surface area contributed by atoms with Gasteiger partial charge in [0, 0.05) is 11.8 Å². The van der Waals surface area contributed by atoms with Gasteiger partial charge >= 0.3 is 10.4 Å². The molecule has 214 valence electrons. The van der Waals surface area contributed by atoms with E-state index in [2.05, 4.69) is 0 Å². The highest BCUT2D eigenvalue weighted by atomic mass is 32.3. The number of rotatable bonds is 7. The molecule has 0 aromatic carbocycles. The summed E-state index contributed by atoms with van der Waals surface area (Å²) < 4.78 is 38.7. The Labute approximate surface area is 220 Å². The Kier molecular flexibility index (Phi) is 7.79. The highest BCUT2D eigenvalue weighted by molar-refractivity contribution is 7.80. The third kappa shape index (κ3) is 4.53. The molecule has 0 amide bonds. The second kappa shape index (κ2) is 9.80. The first-order chi connectivity index (χ1) is 17.0. The van der Waals surface area contributed by atoms with Gasteiger partial charge in [0.15, 0.2) is 0 Å². The van der Waals surface area contributed by atoms with Crippen LogP contribution in [0.2, 0.25) is 0 Å². The number of hydrogen-bond acceptors (Lipinski definition) is 8. The molecule has 0 heterocycles.